The largest absolute Gasteiger partial charge is 0.508 e. The average molecular weight is 302 g/mol. The Labute approximate surface area is 98.7 Å². The van der Waals surface area contributed by atoms with E-state index in [0.29, 0.717) is 5.75 Å². The summed E-state index contributed by atoms with van der Waals surface area (Å²) >= 11 is 2.55. The van der Waals surface area contributed by atoms with E-state index in [2.05, 4.69) is 34.7 Å². The zero-order valence-corrected chi connectivity index (χ0v) is 10.3. The van der Waals surface area contributed by atoms with E-state index in [1.807, 2.05) is 0 Å². The van der Waals surface area contributed by atoms with Crippen LogP contribution in [0.25, 0.3) is 0 Å². The summed E-state index contributed by atoms with van der Waals surface area (Å²) in [6, 6.07) is 7.72. The maximum atomic E-state index is 9.20. The summed E-state index contributed by atoms with van der Waals surface area (Å²) in [4.78, 5) is 0. The molecular weight excluding hydrogens is 287 g/mol. The summed E-state index contributed by atoms with van der Waals surface area (Å²) in [6.45, 7) is 0. The van der Waals surface area contributed by atoms with Crippen molar-refractivity contribution in [2.24, 2.45) is 0 Å². The second-order valence-corrected chi connectivity index (χ2v) is 5.80. The molecule has 14 heavy (non-hydrogen) atoms. The van der Waals surface area contributed by atoms with E-state index in [-0.39, 0.29) is 0 Å². The molecule has 2 rings (SSSR count). The van der Waals surface area contributed by atoms with E-state index >= 15 is 0 Å². The van der Waals surface area contributed by atoms with Gasteiger partial charge in [-0.15, -0.1) is 0 Å². The zero-order valence-electron chi connectivity index (χ0n) is 8.12. The molecule has 76 valence electrons. The first kappa shape index (κ1) is 10.3. The van der Waals surface area contributed by atoms with E-state index in [4.69, 9.17) is 0 Å². The average Bonchev–Trinajstić information content (AvgIpc) is 2.21. The summed E-state index contributed by atoms with van der Waals surface area (Å²) in [5.41, 5.74) is 1.39. The molecule has 0 amide bonds. The molecule has 0 aliphatic heterocycles. The number of alkyl halides is 1. The Morgan fingerprint density at radius 1 is 1.00 bits per heavy atom. The molecule has 0 aromatic heterocycles. The standard InChI is InChI=1S/C12H15IO/c13-11-5-1-9(2-6-11)10-3-7-12(14)8-4-10/h3-4,7-9,11,14H,1-2,5-6H2. The molecule has 1 fully saturated rings. The van der Waals surface area contributed by atoms with Gasteiger partial charge < -0.3 is 5.11 Å². The Morgan fingerprint density at radius 2 is 1.57 bits per heavy atom. The number of hydrogen-bond acceptors (Lipinski definition) is 1. The second kappa shape index (κ2) is 4.51. The molecule has 0 spiro atoms. The van der Waals surface area contributed by atoms with Crippen LogP contribution in [0.2, 0.25) is 0 Å². The van der Waals surface area contributed by atoms with Gasteiger partial charge in [0.2, 0.25) is 0 Å². The van der Waals surface area contributed by atoms with Gasteiger partial charge in [-0.05, 0) is 49.3 Å². The number of benzene rings is 1. The van der Waals surface area contributed by atoms with Crippen LogP contribution in [0, 0.1) is 0 Å². The molecule has 1 aliphatic rings. The van der Waals surface area contributed by atoms with E-state index in [1.165, 1.54) is 31.2 Å². The lowest BCUT2D eigenvalue weighted by Crippen LogP contribution is -2.12. The van der Waals surface area contributed by atoms with Crippen LogP contribution in [0.15, 0.2) is 24.3 Å². The van der Waals surface area contributed by atoms with Crippen LogP contribution in [0.3, 0.4) is 0 Å². The van der Waals surface area contributed by atoms with Crippen LogP contribution < -0.4 is 0 Å². The van der Waals surface area contributed by atoms with Gasteiger partial charge in [-0.25, -0.2) is 0 Å². The molecule has 1 aromatic rings. The number of phenolic OH excluding ortho intramolecular Hbond substituents is 1. The fourth-order valence-corrected chi connectivity index (χ4v) is 2.85. The van der Waals surface area contributed by atoms with Crippen LogP contribution in [0.5, 0.6) is 5.75 Å². The van der Waals surface area contributed by atoms with E-state index in [1.54, 1.807) is 12.1 Å². The maximum Gasteiger partial charge on any atom is 0.115 e. The number of hydrogen-bond donors (Lipinski definition) is 1. The van der Waals surface area contributed by atoms with Crippen LogP contribution in [0.1, 0.15) is 37.2 Å². The lowest BCUT2D eigenvalue weighted by molar-refractivity contribution is 0.458. The van der Waals surface area contributed by atoms with Crippen molar-refractivity contribution in [1.82, 2.24) is 0 Å². The van der Waals surface area contributed by atoms with Gasteiger partial charge in [0, 0.05) is 3.92 Å². The van der Waals surface area contributed by atoms with Gasteiger partial charge in [0.05, 0.1) is 0 Å². The molecule has 0 saturated heterocycles. The Hall–Kier alpha value is -0.250. The molecule has 1 N–H and O–H groups in total. The summed E-state index contributed by atoms with van der Waals surface area (Å²) < 4.78 is 0.876. The van der Waals surface area contributed by atoms with Gasteiger partial charge in [-0.3, -0.25) is 0 Å². The van der Waals surface area contributed by atoms with Crippen molar-refractivity contribution in [1.29, 1.82) is 0 Å². The predicted molar refractivity (Wildman–Crippen MR) is 67.1 cm³/mol. The Bertz CT molecular complexity index is 286. The van der Waals surface area contributed by atoms with Crippen LogP contribution >= 0.6 is 22.6 Å². The van der Waals surface area contributed by atoms with E-state index < -0.39 is 0 Å². The highest BCUT2D eigenvalue weighted by Gasteiger charge is 2.20. The first-order valence-corrected chi connectivity index (χ1v) is 6.43. The van der Waals surface area contributed by atoms with E-state index in [9.17, 15) is 5.11 Å². The molecule has 0 atom stereocenters. The van der Waals surface area contributed by atoms with Gasteiger partial charge in [-0.1, -0.05) is 34.7 Å². The third kappa shape index (κ3) is 2.41. The highest BCUT2D eigenvalue weighted by Crippen LogP contribution is 2.35. The molecule has 1 aromatic carbocycles. The lowest BCUT2D eigenvalue weighted by Gasteiger charge is -2.25. The number of rotatable bonds is 1. The zero-order chi connectivity index (χ0) is 9.97. The normalized spacial score (nSPS) is 27.5. The van der Waals surface area contributed by atoms with Gasteiger partial charge in [0.25, 0.3) is 0 Å². The molecule has 2 heteroatoms. The smallest absolute Gasteiger partial charge is 0.115 e. The van der Waals surface area contributed by atoms with Crippen molar-refractivity contribution in [3.05, 3.63) is 29.8 Å². The highest BCUT2D eigenvalue weighted by atomic mass is 127. The minimum atomic E-state index is 0.372. The molecule has 0 heterocycles. The van der Waals surface area contributed by atoms with Crippen molar-refractivity contribution in [3.63, 3.8) is 0 Å². The van der Waals surface area contributed by atoms with Crippen LogP contribution in [-0.4, -0.2) is 9.03 Å². The molecular formula is C12H15IO. The quantitative estimate of drug-likeness (QED) is 0.617. The third-order valence-electron chi connectivity index (χ3n) is 3.02. The van der Waals surface area contributed by atoms with Gasteiger partial charge in [-0.2, -0.15) is 0 Å². The molecule has 0 bridgehead atoms. The Morgan fingerprint density at radius 3 is 2.14 bits per heavy atom. The minimum Gasteiger partial charge on any atom is -0.508 e. The van der Waals surface area contributed by atoms with Crippen molar-refractivity contribution >= 4 is 22.6 Å². The highest BCUT2D eigenvalue weighted by molar-refractivity contribution is 14.1. The molecule has 1 saturated carbocycles. The fourth-order valence-electron chi connectivity index (χ4n) is 2.13. The SMILES string of the molecule is Oc1ccc(C2CCC(I)CC2)cc1. The summed E-state index contributed by atoms with van der Waals surface area (Å²) in [5, 5.41) is 9.20. The minimum absolute atomic E-state index is 0.372. The summed E-state index contributed by atoms with van der Waals surface area (Å²) in [5.74, 6) is 1.10. The van der Waals surface area contributed by atoms with Crippen molar-refractivity contribution in [3.8, 4) is 5.75 Å². The van der Waals surface area contributed by atoms with Gasteiger partial charge in [0.1, 0.15) is 5.75 Å². The first-order valence-electron chi connectivity index (χ1n) is 5.18. The second-order valence-electron chi connectivity index (χ2n) is 4.04. The molecule has 0 radical (unpaired) electrons. The van der Waals surface area contributed by atoms with Crippen molar-refractivity contribution in [2.45, 2.75) is 35.5 Å². The molecule has 1 aliphatic carbocycles. The van der Waals surface area contributed by atoms with Gasteiger partial charge >= 0.3 is 0 Å². The van der Waals surface area contributed by atoms with Crippen LogP contribution in [-0.2, 0) is 0 Å². The maximum absolute atomic E-state index is 9.20. The topological polar surface area (TPSA) is 20.2 Å². The summed E-state index contributed by atoms with van der Waals surface area (Å²) in [6.07, 6.45) is 5.29. The fraction of sp³-hybridized carbons (Fsp3) is 0.500. The molecule has 0 unspecified atom stereocenters. The van der Waals surface area contributed by atoms with Crippen molar-refractivity contribution < 1.29 is 5.11 Å². The summed E-state index contributed by atoms with van der Waals surface area (Å²) in [7, 11) is 0. The van der Waals surface area contributed by atoms with Crippen LogP contribution in [0.4, 0.5) is 0 Å². The number of halogens is 1. The predicted octanol–water partition coefficient (Wildman–Crippen LogP) is 3.85. The Balaban J connectivity index is 2.05. The lowest BCUT2D eigenvalue weighted by atomic mass is 9.84. The first-order chi connectivity index (χ1) is 6.75. The monoisotopic (exact) mass is 302 g/mol. The Kier molecular flexibility index (Phi) is 3.31. The van der Waals surface area contributed by atoms with E-state index in [0.717, 1.165) is 9.84 Å². The molecule has 1 nitrogen and oxygen atoms in total. The van der Waals surface area contributed by atoms with Gasteiger partial charge in [0.15, 0.2) is 0 Å². The number of phenols is 1. The van der Waals surface area contributed by atoms with Crippen molar-refractivity contribution in [2.75, 3.05) is 0 Å². The number of aromatic hydroxyl groups is 1. The third-order valence-corrected chi connectivity index (χ3v) is 4.27.